The molecule has 0 aliphatic carbocycles. The molecule has 0 fully saturated rings. The van der Waals surface area contributed by atoms with Crippen molar-refractivity contribution >= 4 is 25.7 Å². The van der Waals surface area contributed by atoms with Crippen molar-refractivity contribution in [2.45, 2.75) is 77.2 Å². The number of hydrogen-bond donors (Lipinski definition) is 2. The Labute approximate surface area is 180 Å². The molecule has 0 aromatic heterocycles. The van der Waals surface area contributed by atoms with E-state index in [1.165, 1.54) is 0 Å². The predicted molar refractivity (Wildman–Crippen MR) is 121 cm³/mol. The molecule has 2 N–H and O–H groups in total. The Hall–Kier alpha value is 0.331. The Balaban J connectivity index is 4.58. The first-order valence-electron chi connectivity index (χ1n) is 10.4. The normalized spacial score (nSPS) is 18.8. The maximum Gasteiger partial charge on any atom is 0.325 e. The van der Waals surface area contributed by atoms with Gasteiger partial charge in [0.2, 0.25) is 0 Å². The van der Waals surface area contributed by atoms with E-state index < -0.39 is 37.9 Å². The van der Waals surface area contributed by atoms with Crippen LogP contribution in [0.5, 0.6) is 0 Å². The Kier molecular flexibility index (Phi) is 14.6. The van der Waals surface area contributed by atoms with Crippen LogP contribution < -0.4 is 0 Å². The van der Waals surface area contributed by atoms with Crippen molar-refractivity contribution in [1.29, 1.82) is 0 Å². The maximum absolute atomic E-state index is 9.25. The predicted octanol–water partition coefficient (Wildman–Crippen LogP) is 2.73. The highest BCUT2D eigenvalue weighted by atomic mass is 28.5. The van der Waals surface area contributed by atoms with Crippen LogP contribution in [0.25, 0.3) is 0 Å². The van der Waals surface area contributed by atoms with Crippen molar-refractivity contribution < 1.29 is 36.8 Å². The molecule has 0 rings (SSSR count). The van der Waals surface area contributed by atoms with Crippen LogP contribution in [0, 0.1) is 0 Å². The van der Waals surface area contributed by atoms with Crippen molar-refractivity contribution in [3.8, 4) is 0 Å². The van der Waals surface area contributed by atoms with E-state index in [9.17, 15) is 10.2 Å². The minimum Gasteiger partial charge on any atom is -0.415 e. The SMILES string of the molecule is CO[Si](C)(CCCOCC(C)O)O[Si](C)(C)O[Si](C)(CCCOCC(C)O)OC. The molecular formula is C18H44O8Si3. The zero-order valence-electron chi connectivity index (χ0n) is 19.7. The summed E-state index contributed by atoms with van der Waals surface area (Å²) in [6, 6.07) is 1.59. The summed E-state index contributed by atoms with van der Waals surface area (Å²) in [5.41, 5.74) is 0. The average molecular weight is 473 g/mol. The van der Waals surface area contributed by atoms with E-state index >= 15 is 0 Å². The summed E-state index contributed by atoms with van der Waals surface area (Å²) in [5, 5.41) is 18.5. The molecule has 0 spiro atoms. The van der Waals surface area contributed by atoms with Gasteiger partial charge in [0.05, 0.1) is 25.4 Å². The van der Waals surface area contributed by atoms with E-state index in [0.717, 1.165) is 24.9 Å². The van der Waals surface area contributed by atoms with Crippen molar-refractivity contribution in [2.24, 2.45) is 0 Å². The largest absolute Gasteiger partial charge is 0.415 e. The second-order valence-corrected chi connectivity index (χ2v) is 19.1. The third-order valence-corrected chi connectivity index (χ3v) is 16.0. The van der Waals surface area contributed by atoms with Crippen LogP contribution in [0.15, 0.2) is 0 Å². The quantitative estimate of drug-likeness (QED) is 0.232. The van der Waals surface area contributed by atoms with E-state index in [4.69, 9.17) is 26.6 Å². The van der Waals surface area contributed by atoms with E-state index in [-0.39, 0.29) is 0 Å². The van der Waals surface area contributed by atoms with Crippen LogP contribution in [-0.2, 0) is 26.6 Å². The van der Waals surface area contributed by atoms with Gasteiger partial charge in [0.1, 0.15) is 0 Å². The van der Waals surface area contributed by atoms with Gasteiger partial charge in [-0.2, -0.15) is 0 Å². The molecule has 176 valence electrons. The second kappa shape index (κ2) is 14.4. The molecule has 4 atom stereocenters. The average Bonchev–Trinajstić information content (AvgIpc) is 2.59. The van der Waals surface area contributed by atoms with Crippen molar-refractivity contribution in [1.82, 2.24) is 0 Å². The maximum atomic E-state index is 9.25. The van der Waals surface area contributed by atoms with E-state index in [1.54, 1.807) is 28.1 Å². The molecule has 0 aliphatic rings. The molecule has 0 heterocycles. The van der Waals surface area contributed by atoms with Gasteiger partial charge >= 0.3 is 25.7 Å². The molecule has 0 aromatic rings. The third kappa shape index (κ3) is 14.9. The van der Waals surface area contributed by atoms with Gasteiger partial charge < -0.3 is 36.8 Å². The number of aliphatic hydroxyl groups excluding tert-OH is 2. The highest BCUT2D eigenvalue weighted by Gasteiger charge is 2.44. The lowest BCUT2D eigenvalue weighted by atomic mass is 10.4. The molecule has 29 heavy (non-hydrogen) atoms. The molecule has 0 aromatic carbocycles. The summed E-state index contributed by atoms with van der Waals surface area (Å²) in [7, 11) is -3.88. The lowest BCUT2D eigenvalue weighted by Gasteiger charge is -2.39. The van der Waals surface area contributed by atoms with Crippen LogP contribution in [0.1, 0.15) is 26.7 Å². The molecule has 0 amide bonds. The van der Waals surface area contributed by atoms with Gasteiger partial charge in [0, 0.05) is 27.4 Å². The van der Waals surface area contributed by atoms with Crippen LogP contribution in [-0.4, -0.2) is 88.8 Å². The Morgan fingerprint density at radius 3 is 1.31 bits per heavy atom. The van der Waals surface area contributed by atoms with Gasteiger partial charge in [0.15, 0.2) is 0 Å². The highest BCUT2D eigenvalue weighted by molar-refractivity contribution is 6.85. The first-order valence-corrected chi connectivity index (χ1v) is 18.3. The fraction of sp³-hybridized carbons (Fsp3) is 1.00. The highest BCUT2D eigenvalue weighted by Crippen LogP contribution is 2.26. The molecule has 0 saturated carbocycles. The molecular weight excluding hydrogens is 428 g/mol. The first kappa shape index (κ1) is 29.3. The van der Waals surface area contributed by atoms with Crippen LogP contribution in [0.3, 0.4) is 0 Å². The van der Waals surface area contributed by atoms with Crippen LogP contribution in [0.2, 0.25) is 38.3 Å². The Morgan fingerprint density at radius 1 is 0.690 bits per heavy atom. The van der Waals surface area contributed by atoms with Crippen LogP contribution in [0.4, 0.5) is 0 Å². The van der Waals surface area contributed by atoms with Gasteiger partial charge in [-0.15, -0.1) is 0 Å². The van der Waals surface area contributed by atoms with Gasteiger partial charge in [-0.3, -0.25) is 0 Å². The Morgan fingerprint density at radius 2 is 1.03 bits per heavy atom. The van der Waals surface area contributed by atoms with Gasteiger partial charge in [-0.1, -0.05) is 0 Å². The zero-order valence-corrected chi connectivity index (χ0v) is 22.7. The molecule has 0 radical (unpaired) electrons. The molecule has 0 aliphatic heterocycles. The third-order valence-electron chi connectivity index (χ3n) is 4.34. The summed E-state index contributed by atoms with van der Waals surface area (Å²) in [6.07, 6.45) is 0.720. The van der Waals surface area contributed by atoms with Gasteiger partial charge in [0.25, 0.3) is 0 Å². The first-order chi connectivity index (χ1) is 13.4. The number of rotatable bonds is 18. The molecule has 0 bridgehead atoms. The van der Waals surface area contributed by atoms with Crippen LogP contribution >= 0.6 is 0 Å². The molecule has 11 heteroatoms. The van der Waals surface area contributed by atoms with Crippen molar-refractivity contribution in [3.63, 3.8) is 0 Å². The Bertz CT molecular complexity index is 392. The fourth-order valence-electron chi connectivity index (χ4n) is 2.95. The summed E-state index contributed by atoms with van der Waals surface area (Å²) in [6.45, 7) is 13.4. The van der Waals surface area contributed by atoms with E-state index in [0.29, 0.717) is 26.4 Å². The number of hydrogen-bond acceptors (Lipinski definition) is 8. The minimum absolute atomic E-state index is 0.341. The van der Waals surface area contributed by atoms with E-state index in [2.05, 4.69) is 13.1 Å². The summed E-state index contributed by atoms with van der Waals surface area (Å²) in [5.74, 6) is 0. The molecule has 8 nitrogen and oxygen atoms in total. The fourth-order valence-corrected chi connectivity index (χ4v) is 15.3. The summed E-state index contributed by atoms with van der Waals surface area (Å²) in [4.78, 5) is 0. The number of aliphatic hydroxyl groups is 2. The molecule has 4 unspecified atom stereocenters. The summed E-state index contributed by atoms with van der Waals surface area (Å²) < 4.78 is 35.4. The second-order valence-electron chi connectivity index (χ2n) is 8.33. The number of ether oxygens (including phenoxy) is 2. The zero-order chi connectivity index (χ0) is 22.6. The van der Waals surface area contributed by atoms with Crippen molar-refractivity contribution in [2.75, 3.05) is 40.6 Å². The molecule has 0 saturated heterocycles. The smallest absolute Gasteiger partial charge is 0.325 e. The van der Waals surface area contributed by atoms with Gasteiger partial charge in [-0.05, 0) is 65.0 Å². The lowest BCUT2D eigenvalue weighted by Crippen LogP contribution is -2.56. The van der Waals surface area contributed by atoms with Crippen molar-refractivity contribution in [3.05, 3.63) is 0 Å². The minimum atomic E-state index is -2.48. The van der Waals surface area contributed by atoms with Gasteiger partial charge in [-0.25, -0.2) is 0 Å². The summed E-state index contributed by atoms with van der Waals surface area (Å²) >= 11 is 0. The van der Waals surface area contributed by atoms with E-state index in [1.807, 2.05) is 13.1 Å². The topological polar surface area (TPSA) is 95.8 Å². The lowest BCUT2D eigenvalue weighted by molar-refractivity contribution is 0.0458. The standard InChI is InChI=1S/C18H44O8Si3/c1-17(19)15-23-11-9-13-28(7,21-3)25-27(5,6)26-29(8,22-4)14-10-12-24-16-18(2)20/h17-20H,9-16H2,1-8H3. The monoisotopic (exact) mass is 472 g/mol.